The van der Waals surface area contributed by atoms with E-state index in [-0.39, 0.29) is 17.9 Å². The maximum absolute atomic E-state index is 11.8. The SMILES string of the molecule is CN1C(=CC=NNC(=O)COc2ccc(Cl)cc2)C(C)(C)c2ccccc21. The van der Waals surface area contributed by atoms with Crippen LogP contribution in [0.25, 0.3) is 0 Å². The van der Waals surface area contributed by atoms with E-state index < -0.39 is 0 Å². The van der Waals surface area contributed by atoms with Crippen LogP contribution in [0.2, 0.25) is 5.02 Å². The van der Waals surface area contributed by atoms with Crippen LogP contribution in [0.15, 0.2) is 65.4 Å². The van der Waals surface area contributed by atoms with E-state index >= 15 is 0 Å². The Kier molecular flexibility index (Phi) is 5.51. The molecule has 0 aromatic heterocycles. The van der Waals surface area contributed by atoms with Gasteiger partial charge in [0.05, 0.1) is 0 Å². The van der Waals surface area contributed by atoms with Gasteiger partial charge in [-0.05, 0) is 42.0 Å². The van der Waals surface area contributed by atoms with Crippen LogP contribution in [0.1, 0.15) is 19.4 Å². The first kappa shape index (κ1) is 19.0. The van der Waals surface area contributed by atoms with Crippen LogP contribution in [0.5, 0.6) is 5.75 Å². The Labute approximate surface area is 164 Å². The molecule has 1 N–H and O–H groups in total. The predicted octanol–water partition coefficient (Wildman–Crippen LogP) is 4.13. The average molecular weight is 384 g/mol. The average Bonchev–Trinajstić information content (AvgIpc) is 2.85. The largest absolute Gasteiger partial charge is 0.484 e. The third-order valence-corrected chi connectivity index (χ3v) is 4.87. The third-order valence-electron chi connectivity index (χ3n) is 4.62. The molecule has 6 heteroatoms. The van der Waals surface area contributed by atoms with Crippen molar-refractivity contribution < 1.29 is 9.53 Å². The maximum Gasteiger partial charge on any atom is 0.277 e. The van der Waals surface area contributed by atoms with Gasteiger partial charge in [0.15, 0.2) is 6.61 Å². The molecule has 2 aromatic carbocycles. The number of nitrogens with one attached hydrogen (secondary N) is 1. The second kappa shape index (κ2) is 7.84. The van der Waals surface area contributed by atoms with E-state index in [9.17, 15) is 4.79 Å². The highest BCUT2D eigenvalue weighted by atomic mass is 35.5. The smallest absolute Gasteiger partial charge is 0.277 e. The molecule has 0 spiro atoms. The summed E-state index contributed by atoms with van der Waals surface area (Å²) in [4.78, 5) is 14.0. The molecule has 0 aliphatic carbocycles. The van der Waals surface area contributed by atoms with Crippen LogP contribution < -0.4 is 15.1 Å². The van der Waals surface area contributed by atoms with Crippen molar-refractivity contribution in [3.63, 3.8) is 0 Å². The molecule has 0 saturated carbocycles. The van der Waals surface area contributed by atoms with Crippen LogP contribution in [0, 0.1) is 0 Å². The van der Waals surface area contributed by atoms with Crippen LogP contribution in [0.3, 0.4) is 0 Å². The van der Waals surface area contributed by atoms with Crippen molar-refractivity contribution in [3.8, 4) is 5.75 Å². The highest BCUT2D eigenvalue weighted by molar-refractivity contribution is 6.30. The van der Waals surface area contributed by atoms with Gasteiger partial charge in [-0.3, -0.25) is 4.79 Å². The Bertz CT molecular complexity index is 889. The Hall–Kier alpha value is -2.79. The molecule has 0 atom stereocenters. The minimum absolute atomic E-state index is 0.119. The van der Waals surface area contributed by atoms with Gasteiger partial charge in [-0.25, -0.2) is 5.43 Å². The van der Waals surface area contributed by atoms with Crippen LogP contribution >= 0.6 is 11.6 Å². The molecule has 1 amide bonds. The minimum atomic E-state index is -0.332. The summed E-state index contributed by atoms with van der Waals surface area (Å²) in [5, 5.41) is 4.61. The van der Waals surface area contributed by atoms with Crippen molar-refractivity contribution in [2.24, 2.45) is 5.10 Å². The number of allylic oxidation sites excluding steroid dienone is 2. The first-order valence-corrected chi connectivity index (χ1v) is 9.01. The number of rotatable bonds is 5. The summed E-state index contributed by atoms with van der Waals surface area (Å²) in [5.41, 5.74) is 5.91. The van der Waals surface area contributed by atoms with Crippen molar-refractivity contribution >= 4 is 29.4 Å². The highest BCUT2D eigenvalue weighted by Crippen LogP contribution is 2.46. The van der Waals surface area contributed by atoms with Gasteiger partial charge in [0.2, 0.25) is 0 Å². The van der Waals surface area contributed by atoms with Gasteiger partial charge in [-0.1, -0.05) is 43.6 Å². The Morgan fingerprint density at radius 2 is 1.93 bits per heavy atom. The van der Waals surface area contributed by atoms with Crippen LogP contribution in [0.4, 0.5) is 5.69 Å². The van der Waals surface area contributed by atoms with E-state index in [1.165, 1.54) is 11.3 Å². The molecule has 0 unspecified atom stereocenters. The number of ether oxygens (including phenoxy) is 1. The first-order chi connectivity index (χ1) is 12.9. The molecular formula is C21H22ClN3O2. The highest BCUT2D eigenvalue weighted by Gasteiger charge is 2.37. The molecule has 0 saturated heterocycles. The van der Waals surface area contributed by atoms with Gasteiger partial charge >= 0.3 is 0 Å². The van der Waals surface area contributed by atoms with Gasteiger partial charge in [-0.15, -0.1) is 0 Å². The molecule has 0 bridgehead atoms. The van der Waals surface area contributed by atoms with E-state index in [1.54, 1.807) is 30.5 Å². The standard InChI is InChI=1S/C21H22ClN3O2/c1-21(2)17-6-4-5-7-18(17)25(3)19(21)12-13-23-24-20(26)14-27-16-10-8-15(22)9-11-16/h4-13H,14H2,1-3H3,(H,24,26). The topological polar surface area (TPSA) is 53.9 Å². The normalized spacial score (nSPS) is 16.6. The molecule has 1 heterocycles. The van der Waals surface area contributed by atoms with Gasteiger partial charge in [0.1, 0.15) is 5.75 Å². The fourth-order valence-electron chi connectivity index (χ4n) is 3.23. The number of halogens is 1. The second-order valence-corrected chi connectivity index (χ2v) is 7.25. The molecule has 27 heavy (non-hydrogen) atoms. The van der Waals surface area contributed by atoms with Gasteiger partial charge in [0.25, 0.3) is 5.91 Å². The molecule has 3 rings (SSSR count). The molecular weight excluding hydrogens is 362 g/mol. The fourth-order valence-corrected chi connectivity index (χ4v) is 3.36. The summed E-state index contributed by atoms with van der Waals surface area (Å²) in [7, 11) is 2.03. The van der Waals surface area contributed by atoms with Crippen molar-refractivity contribution in [2.45, 2.75) is 19.3 Å². The number of fused-ring (bicyclic) bond motifs is 1. The van der Waals surface area contributed by atoms with E-state index in [2.05, 4.69) is 41.4 Å². The van der Waals surface area contributed by atoms with Gasteiger partial charge in [0, 0.05) is 35.1 Å². The summed E-state index contributed by atoms with van der Waals surface area (Å²) in [6.07, 6.45) is 3.51. The van der Waals surface area contributed by atoms with Gasteiger partial charge in [-0.2, -0.15) is 5.10 Å². The van der Waals surface area contributed by atoms with E-state index in [0.29, 0.717) is 10.8 Å². The monoisotopic (exact) mass is 383 g/mol. The number of para-hydroxylation sites is 1. The van der Waals surface area contributed by atoms with Crippen LogP contribution in [-0.2, 0) is 10.2 Å². The lowest BCUT2D eigenvalue weighted by molar-refractivity contribution is -0.123. The van der Waals surface area contributed by atoms with Crippen molar-refractivity contribution in [2.75, 3.05) is 18.6 Å². The van der Waals surface area contributed by atoms with E-state index in [1.807, 2.05) is 25.3 Å². The Balaban J connectivity index is 1.57. The summed E-state index contributed by atoms with van der Waals surface area (Å²) >= 11 is 5.81. The number of likely N-dealkylation sites (N-methyl/N-ethyl adjacent to an activating group) is 1. The zero-order chi connectivity index (χ0) is 19.4. The summed E-state index contributed by atoms with van der Waals surface area (Å²) in [5.74, 6) is 0.245. The lowest BCUT2D eigenvalue weighted by Crippen LogP contribution is -2.25. The maximum atomic E-state index is 11.8. The summed E-state index contributed by atoms with van der Waals surface area (Å²) < 4.78 is 5.38. The lowest BCUT2D eigenvalue weighted by atomic mass is 9.84. The molecule has 0 radical (unpaired) electrons. The molecule has 1 aliphatic rings. The number of hydrogen-bond acceptors (Lipinski definition) is 4. The number of nitrogens with zero attached hydrogens (tertiary/aromatic N) is 2. The molecule has 0 fully saturated rings. The quantitative estimate of drug-likeness (QED) is 0.623. The zero-order valence-electron chi connectivity index (χ0n) is 15.6. The second-order valence-electron chi connectivity index (χ2n) is 6.81. The number of carbonyl (C=O) groups is 1. The molecule has 2 aromatic rings. The minimum Gasteiger partial charge on any atom is -0.484 e. The summed E-state index contributed by atoms with van der Waals surface area (Å²) in [6, 6.07) is 15.1. The van der Waals surface area contributed by atoms with Crippen LogP contribution in [-0.4, -0.2) is 25.8 Å². The number of anilines is 1. The summed E-state index contributed by atoms with van der Waals surface area (Å²) in [6.45, 7) is 4.23. The molecule has 140 valence electrons. The number of carbonyl (C=O) groups excluding carboxylic acids is 1. The number of amides is 1. The van der Waals surface area contributed by atoms with Crippen molar-refractivity contribution in [1.82, 2.24) is 5.43 Å². The molecule has 1 aliphatic heterocycles. The van der Waals surface area contributed by atoms with Crippen molar-refractivity contribution in [3.05, 3.63) is 70.9 Å². The number of benzene rings is 2. The third kappa shape index (κ3) is 4.14. The fraction of sp³-hybridized carbons (Fsp3) is 0.238. The Morgan fingerprint density at radius 1 is 1.22 bits per heavy atom. The first-order valence-electron chi connectivity index (χ1n) is 8.64. The lowest BCUT2D eigenvalue weighted by Gasteiger charge is -2.23. The Morgan fingerprint density at radius 3 is 2.63 bits per heavy atom. The van der Waals surface area contributed by atoms with Crippen molar-refractivity contribution in [1.29, 1.82) is 0 Å². The number of hydrogen-bond donors (Lipinski definition) is 1. The zero-order valence-corrected chi connectivity index (χ0v) is 16.3. The number of hydrazone groups is 1. The van der Waals surface area contributed by atoms with E-state index in [4.69, 9.17) is 16.3 Å². The predicted molar refractivity (Wildman–Crippen MR) is 110 cm³/mol. The van der Waals surface area contributed by atoms with E-state index in [0.717, 1.165) is 5.70 Å². The molecule has 5 nitrogen and oxygen atoms in total. The van der Waals surface area contributed by atoms with Gasteiger partial charge < -0.3 is 9.64 Å².